The second-order valence-corrected chi connectivity index (χ2v) is 17.4. The number of benzene rings is 1. The standard InChI is InChI=1S/C38H52O4/c1-33(2)25(23-7-9-24(10-8-23)31(39)40)13-16-35(4)28(33)15-17-37(6)29(35)12-11-27-30-26(34(3)19-20-34)14-18-38(30,32(41)42)22-21-36(27,37)5/h7-10,13,26-30H,11-12,14-22H2,1-6H3,(H,39,40)(H,41,42)/t26-,27-,28+,29-,30-,35+,36-,37-,38+/m1/s1. The number of aromatic carboxylic acids is 1. The molecule has 5 fully saturated rings. The van der Waals surface area contributed by atoms with Crippen LogP contribution in [0.2, 0.25) is 0 Å². The number of carbonyl (C=O) groups is 2. The molecule has 2 N–H and O–H groups in total. The first-order valence-electron chi connectivity index (χ1n) is 16.9. The lowest BCUT2D eigenvalue weighted by molar-refractivity contribution is -0.230. The number of aliphatic carboxylic acids is 1. The number of hydrogen-bond acceptors (Lipinski definition) is 2. The quantitative estimate of drug-likeness (QED) is 0.377. The molecule has 0 radical (unpaired) electrons. The van der Waals surface area contributed by atoms with Crippen LogP contribution in [0.15, 0.2) is 30.3 Å². The lowest BCUT2D eigenvalue weighted by Gasteiger charge is -2.72. The van der Waals surface area contributed by atoms with Crippen molar-refractivity contribution in [3.8, 4) is 0 Å². The van der Waals surface area contributed by atoms with Crippen LogP contribution in [-0.2, 0) is 4.79 Å². The highest BCUT2D eigenvalue weighted by Crippen LogP contribution is 2.79. The van der Waals surface area contributed by atoms with Crippen molar-refractivity contribution >= 4 is 17.5 Å². The van der Waals surface area contributed by atoms with E-state index in [2.05, 4.69) is 47.6 Å². The summed E-state index contributed by atoms with van der Waals surface area (Å²) in [5.41, 5.74) is 3.36. The fourth-order valence-electron chi connectivity index (χ4n) is 13.2. The number of hydrogen-bond donors (Lipinski definition) is 2. The third-order valence-corrected chi connectivity index (χ3v) is 15.8. The Hall–Kier alpha value is -2.10. The van der Waals surface area contributed by atoms with Gasteiger partial charge >= 0.3 is 11.9 Å². The number of carboxylic acid groups (broad SMARTS) is 2. The average Bonchev–Trinajstić information content (AvgIpc) is 3.53. The molecule has 6 aliphatic rings. The molecule has 9 atom stereocenters. The van der Waals surface area contributed by atoms with Crippen molar-refractivity contribution in [1.29, 1.82) is 0 Å². The summed E-state index contributed by atoms with van der Waals surface area (Å²) < 4.78 is 0. The Labute approximate surface area is 252 Å². The minimum Gasteiger partial charge on any atom is -0.481 e. The van der Waals surface area contributed by atoms with Crippen LogP contribution in [0.3, 0.4) is 0 Å². The predicted octanol–water partition coefficient (Wildman–Crippen LogP) is 9.34. The Balaban J connectivity index is 1.25. The summed E-state index contributed by atoms with van der Waals surface area (Å²) in [4.78, 5) is 24.5. The molecule has 0 spiro atoms. The highest BCUT2D eigenvalue weighted by Gasteiger charge is 2.73. The number of carboxylic acids is 2. The maximum atomic E-state index is 13.1. The minimum absolute atomic E-state index is 0.00103. The Kier molecular flexibility index (Phi) is 5.97. The Morgan fingerprint density at radius 2 is 1.40 bits per heavy atom. The topological polar surface area (TPSA) is 74.6 Å². The van der Waals surface area contributed by atoms with E-state index in [0.29, 0.717) is 40.6 Å². The van der Waals surface area contributed by atoms with Crippen molar-refractivity contribution in [1.82, 2.24) is 0 Å². The second-order valence-electron chi connectivity index (χ2n) is 17.4. The SMILES string of the molecule is CC1([C@@H]2CC[C@]3(C(=O)O)CC[C@]4(C)[C@H](CC[C@@H]5[C@@]6(C)CC=C(c7ccc(C(=O)O)cc7)C(C)(C)[C@@H]6CC[C@]54C)[C@@H]23)CC1. The molecule has 0 saturated heterocycles. The highest BCUT2D eigenvalue weighted by molar-refractivity contribution is 5.88. The lowest BCUT2D eigenvalue weighted by Crippen LogP contribution is -2.66. The Bertz CT molecular complexity index is 1350. The Morgan fingerprint density at radius 1 is 0.714 bits per heavy atom. The molecule has 228 valence electrons. The van der Waals surface area contributed by atoms with Gasteiger partial charge in [-0.05, 0) is 151 Å². The fraction of sp³-hybridized carbons (Fsp3) is 0.737. The van der Waals surface area contributed by atoms with Crippen LogP contribution in [-0.4, -0.2) is 22.2 Å². The molecule has 5 saturated carbocycles. The first kappa shape index (κ1) is 28.7. The van der Waals surface area contributed by atoms with Crippen molar-refractivity contribution < 1.29 is 19.8 Å². The van der Waals surface area contributed by atoms with E-state index in [4.69, 9.17) is 0 Å². The average molecular weight is 573 g/mol. The molecule has 1 aromatic carbocycles. The van der Waals surface area contributed by atoms with Gasteiger partial charge in [-0.3, -0.25) is 4.79 Å². The maximum Gasteiger partial charge on any atom is 0.335 e. The smallest absolute Gasteiger partial charge is 0.335 e. The summed E-state index contributed by atoms with van der Waals surface area (Å²) in [6, 6.07) is 7.52. The zero-order valence-corrected chi connectivity index (χ0v) is 26.8. The van der Waals surface area contributed by atoms with Gasteiger partial charge in [0.05, 0.1) is 11.0 Å². The molecule has 6 aliphatic carbocycles. The molecule has 7 rings (SSSR count). The Morgan fingerprint density at radius 3 is 2.02 bits per heavy atom. The van der Waals surface area contributed by atoms with E-state index in [9.17, 15) is 19.8 Å². The number of rotatable bonds is 4. The monoisotopic (exact) mass is 572 g/mol. The molecular weight excluding hydrogens is 520 g/mol. The summed E-state index contributed by atoms with van der Waals surface area (Å²) >= 11 is 0. The molecule has 42 heavy (non-hydrogen) atoms. The summed E-state index contributed by atoms with van der Waals surface area (Å²) in [5, 5.41) is 20.2. The van der Waals surface area contributed by atoms with Crippen molar-refractivity contribution in [3.63, 3.8) is 0 Å². The van der Waals surface area contributed by atoms with Crippen molar-refractivity contribution in [2.45, 2.75) is 112 Å². The van der Waals surface area contributed by atoms with Gasteiger partial charge in [-0.25, -0.2) is 4.79 Å². The van der Waals surface area contributed by atoms with Crippen molar-refractivity contribution in [3.05, 3.63) is 41.5 Å². The van der Waals surface area contributed by atoms with E-state index < -0.39 is 17.4 Å². The van der Waals surface area contributed by atoms with Crippen LogP contribution >= 0.6 is 0 Å². The van der Waals surface area contributed by atoms with Crippen LogP contribution in [0.5, 0.6) is 0 Å². The van der Waals surface area contributed by atoms with Crippen molar-refractivity contribution in [2.75, 3.05) is 0 Å². The van der Waals surface area contributed by atoms with E-state index in [1.165, 1.54) is 44.1 Å². The number of fused-ring (bicyclic) bond motifs is 7. The van der Waals surface area contributed by atoms with E-state index in [1.807, 2.05) is 12.1 Å². The van der Waals surface area contributed by atoms with Gasteiger partial charge in [-0.1, -0.05) is 59.8 Å². The zero-order valence-electron chi connectivity index (χ0n) is 26.8. The van der Waals surface area contributed by atoms with Gasteiger partial charge in [0.25, 0.3) is 0 Å². The maximum absolute atomic E-state index is 13.1. The molecule has 1 aromatic rings. The van der Waals surface area contributed by atoms with Gasteiger partial charge in [0, 0.05) is 0 Å². The van der Waals surface area contributed by atoms with Crippen LogP contribution < -0.4 is 0 Å². The second kappa shape index (κ2) is 8.75. The van der Waals surface area contributed by atoms with Crippen LogP contribution in [0.1, 0.15) is 128 Å². The molecule has 0 heterocycles. The summed E-state index contributed by atoms with van der Waals surface area (Å²) in [5.74, 6) is 1.26. The minimum atomic E-state index is -0.875. The van der Waals surface area contributed by atoms with E-state index in [1.54, 1.807) is 12.1 Å². The van der Waals surface area contributed by atoms with E-state index >= 15 is 0 Å². The van der Waals surface area contributed by atoms with Crippen LogP contribution in [0.4, 0.5) is 0 Å². The van der Waals surface area contributed by atoms with Gasteiger partial charge in [0.2, 0.25) is 0 Å². The third kappa shape index (κ3) is 3.47. The van der Waals surface area contributed by atoms with Crippen molar-refractivity contribution in [2.24, 2.45) is 62.1 Å². The van der Waals surface area contributed by atoms with Gasteiger partial charge in [0.15, 0.2) is 0 Å². The van der Waals surface area contributed by atoms with Gasteiger partial charge in [0.1, 0.15) is 0 Å². The summed E-state index contributed by atoms with van der Waals surface area (Å²) in [7, 11) is 0. The van der Waals surface area contributed by atoms with E-state index in [0.717, 1.165) is 37.7 Å². The fourth-order valence-corrected chi connectivity index (χ4v) is 13.2. The van der Waals surface area contributed by atoms with Crippen LogP contribution in [0, 0.1) is 62.1 Å². The normalized spacial score (nSPS) is 46.3. The van der Waals surface area contributed by atoms with Crippen LogP contribution in [0.25, 0.3) is 5.57 Å². The first-order chi connectivity index (χ1) is 19.6. The third-order valence-electron chi connectivity index (χ3n) is 15.8. The first-order valence-corrected chi connectivity index (χ1v) is 16.9. The largest absolute Gasteiger partial charge is 0.481 e. The number of allylic oxidation sites excluding steroid dienone is 2. The molecular formula is C38H52O4. The zero-order chi connectivity index (χ0) is 30.1. The summed E-state index contributed by atoms with van der Waals surface area (Å²) in [6.07, 6.45) is 15.0. The predicted molar refractivity (Wildman–Crippen MR) is 166 cm³/mol. The highest BCUT2D eigenvalue weighted by atomic mass is 16.4. The lowest BCUT2D eigenvalue weighted by atomic mass is 9.32. The molecule has 4 nitrogen and oxygen atoms in total. The van der Waals surface area contributed by atoms with Gasteiger partial charge < -0.3 is 10.2 Å². The summed E-state index contributed by atoms with van der Waals surface area (Å²) in [6.45, 7) is 15.2. The van der Waals surface area contributed by atoms with E-state index in [-0.39, 0.29) is 21.7 Å². The molecule has 0 aromatic heterocycles. The van der Waals surface area contributed by atoms with Gasteiger partial charge in [-0.2, -0.15) is 0 Å². The molecule has 4 heteroatoms. The molecule has 0 amide bonds. The van der Waals surface area contributed by atoms with Gasteiger partial charge in [-0.15, -0.1) is 0 Å². The molecule has 0 aliphatic heterocycles. The molecule has 0 unspecified atom stereocenters. The molecule has 0 bridgehead atoms.